The summed E-state index contributed by atoms with van der Waals surface area (Å²) >= 11 is 0. The number of aryl methyl sites for hydroxylation is 1. The van der Waals surface area contributed by atoms with Crippen LogP contribution in [0.25, 0.3) is 0 Å². The Hall–Kier alpha value is -2.09. The van der Waals surface area contributed by atoms with E-state index in [4.69, 9.17) is 4.74 Å². The van der Waals surface area contributed by atoms with Crippen LogP contribution in [0.5, 0.6) is 0 Å². The molecule has 0 amide bonds. The number of benzene rings is 2. The minimum absolute atomic E-state index is 0.0597. The Morgan fingerprint density at radius 2 is 1.68 bits per heavy atom. The number of nitrogens with zero attached hydrogens (tertiary/aromatic N) is 1. The molecule has 96 valence electrons. The molecule has 0 radical (unpaired) electrons. The molecule has 0 bridgehead atoms. The van der Waals surface area contributed by atoms with Crippen molar-refractivity contribution in [2.24, 2.45) is 4.99 Å². The maximum Gasteiger partial charge on any atom is 0.171 e. The molecule has 0 N–H and O–H groups in total. The smallest absolute Gasteiger partial charge is 0.171 e. The molecule has 0 spiro atoms. The Bertz CT molecular complexity index is 588. The lowest BCUT2D eigenvalue weighted by Crippen LogP contribution is -2.25. The fourth-order valence-corrected chi connectivity index (χ4v) is 2.55. The minimum atomic E-state index is -0.351. The van der Waals surface area contributed by atoms with Crippen LogP contribution in [-0.4, -0.2) is 6.40 Å². The molecule has 2 aromatic carbocycles. The van der Waals surface area contributed by atoms with Crippen molar-refractivity contribution in [2.45, 2.75) is 25.5 Å². The molecule has 2 unspecified atom stereocenters. The van der Waals surface area contributed by atoms with Crippen molar-refractivity contribution >= 4 is 6.40 Å². The van der Waals surface area contributed by atoms with Crippen LogP contribution in [-0.2, 0) is 10.3 Å². The highest BCUT2D eigenvalue weighted by atomic mass is 16.5. The topological polar surface area (TPSA) is 21.6 Å². The van der Waals surface area contributed by atoms with Crippen molar-refractivity contribution in [3.05, 3.63) is 71.3 Å². The molecule has 2 heteroatoms. The molecule has 1 aliphatic rings. The van der Waals surface area contributed by atoms with Crippen LogP contribution in [0.15, 0.2) is 59.6 Å². The van der Waals surface area contributed by atoms with Gasteiger partial charge in [0.1, 0.15) is 5.54 Å². The summed E-state index contributed by atoms with van der Waals surface area (Å²) in [5, 5.41) is 0. The molecule has 0 fully saturated rings. The Morgan fingerprint density at radius 1 is 1.00 bits per heavy atom. The predicted octanol–water partition coefficient (Wildman–Crippen LogP) is 4.01. The second kappa shape index (κ2) is 4.54. The van der Waals surface area contributed by atoms with E-state index >= 15 is 0 Å². The minimum Gasteiger partial charge on any atom is -0.473 e. The standard InChI is InChI=1S/C17H17NO/c1-13-8-10-14(11-9-13)16-17(2,18-12-19-16)15-6-4-3-5-7-15/h3-12,16H,1-2H3. The lowest BCUT2D eigenvalue weighted by Gasteiger charge is -2.28. The van der Waals surface area contributed by atoms with E-state index in [1.54, 1.807) is 6.40 Å². The van der Waals surface area contributed by atoms with Gasteiger partial charge < -0.3 is 4.74 Å². The molecular formula is C17H17NO. The van der Waals surface area contributed by atoms with Crippen molar-refractivity contribution in [3.63, 3.8) is 0 Å². The number of ether oxygens (including phenoxy) is 1. The van der Waals surface area contributed by atoms with Gasteiger partial charge in [0.25, 0.3) is 0 Å². The van der Waals surface area contributed by atoms with Crippen molar-refractivity contribution in [1.29, 1.82) is 0 Å². The van der Waals surface area contributed by atoms with Gasteiger partial charge in [-0.05, 0) is 25.0 Å². The first kappa shape index (κ1) is 12.0. The average Bonchev–Trinajstić information content (AvgIpc) is 2.84. The molecule has 0 aliphatic carbocycles. The molecule has 2 atom stereocenters. The fourth-order valence-electron chi connectivity index (χ4n) is 2.55. The van der Waals surface area contributed by atoms with Crippen LogP contribution in [0.2, 0.25) is 0 Å². The summed E-state index contributed by atoms with van der Waals surface area (Å²) in [4.78, 5) is 4.57. The summed E-state index contributed by atoms with van der Waals surface area (Å²) in [6.07, 6.45) is 1.52. The molecular weight excluding hydrogens is 234 g/mol. The van der Waals surface area contributed by atoms with Crippen molar-refractivity contribution in [1.82, 2.24) is 0 Å². The Balaban J connectivity index is 2.01. The molecule has 1 heterocycles. The summed E-state index contributed by atoms with van der Waals surface area (Å²) in [5.41, 5.74) is 3.24. The predicted molar refractivity (Wildman–Crippen MR) is 77.3 cm³/mol. The van der Waals surface area contributed by atoms with E-state index in [1.807, 2.05) is 18.2 Å². The molecule has 1 aliphatic heterocycles. The van der Waals surface area contributed by atoms with Crippen LogP contribution < -0.4 is 0 Å². The van der Waals surface area contributed by atoms with Crippen LogP contribution >= 0.6 is 0 Å². The summed E-state index contributed by atoms with van der Waals surface area (Å²) in [7, 11) is 0. The van der Waals surface area contributed by atoms with E-state index in [9.17, 15) is 0 Å². The zero-order valence-corrected chi connectivity index (χ0v) is 11.2. The number of rotatable bonds is 2. The van der Waals surface area contributed by atoms with Crippen LogP contribution in [0, 0.1) is 6.92 Å². The highest BCUT2D eigenvalue weighted by molar-refractivity contribution is 5.54. The van der Waals surface area contributed by atoms with E-state index in [1.165, 1.54) is 11.1 Å². The quantitative estimate of drug-likeness (QED) is 0.790. The third-order valence-corrected chi connectivity index (χ3v) is 3.77. The highest BCUT2D eigenvalue weighted by Crippen LogP contribution is 2.43. The lowest BCUT2D eigenvalue weighted by atomic mass is 9.84. The third-order valence-electron chi connectivity index (χ3n) is 3.77. The zero-order valence-electron chi connectivity index (χ0n) is 11.2. The maximum absolute atomic E-state index is 5.76. The van der Waals surface area contributed by atoms with Crippen molar-refractivity contribution in [2.75, 3.05) is 0 Å². The summed E-state index contributed by atoms with van der Waals surface area (Å²) in [5.74, 6) is 0. The maximum atomic E-state index is 5.76. The first-order valence-electron chi connectivity index (χ1n) is 6.51. The fraction of sp³-hybridized carbons (Fsp3) is 0.235. The van der Waals surface area contributed by atoms with E-state index in [-0.39, 0.29) is 11.6 Å². The Labute approximate surface area is 113 Å². The second-order valence-corrected chi connectivity index (χ2v) is 5.17. The highest BCUT2D eigenvalue weighted by Gasteiger charge is 2.41. The summed E-state index contributed by atoms with van der Waals surface area (Å²) in [6, 6.07) is 18.8. The monoisotopic (exact) mass is 251 g/mol. The van der Waals surface area contributed by atoms with Gasteiger partial charge in [0.15, 0.2) is 12.5 Å². The van der Waals surface area contributed by atoms with E-state index in [2.05, 4.69) is 55.2 Å². The Kier molecular flexibility index (Phi) is 2.86. The molecule has 0 saturated heterocycles. The average molecular weight is 251 g/mol. The molecule has 2 aromatic rings. The largest absolute Gasteiger partial charge is 0.473 e. The lowest BCUT2D eigenvalue weighted by molar-refractivity contribution is 0.153. The first-order chi connectivity index (χ1) is 9.20. The van der Waals surface area contributed by atoms with E-state index < -0.39 is 0 Å². The van der Waals surface area contributed by atoms with Crippen molar-refractivity contribution in [3.8, 4) is 0 Å². The third kappa shape index (κ3) is 2.03. The van der Waals surface area contributed by atoms with Gasteiger partial charge in [0, 0.05) is 0 Å². The van der Waals surface area contributed by atoms with Gasteiger partial charge in [0.05, 0.1) is 0 Å². The molecule has 19 heavy (non-hydrogen) atoms. The van der Waals surface area contributed by atoms with Crippen LogP contribution in [0.3, 0.4) is 0 Å². The van der Waals surface area contributed by atoms with Crippen LogP contribution in [0.4, 0.5) is 0 Å². The summed E-state index contributed by atoms with van der Waals surface area (Å²) in [6.45, 7) is 4.21. The van der Waals surface area contributed by atoms with Gasteiger partial charge in [-0.3, -0.25) is 0 Å². The second-order valence-electron chi connectivity index (χ2n) is 5.17. The van der Waals surface area contributed by atoms with Gasteiger partial charge in [-0.25, -0.2) is 4.99 Å². The van der Waals surface area contributed by atoms with Gasteiger partial charge in [0.2, 0.25) is 0 Å². The molecule has 0 aromatic heterocycles. The van der Waals surface area contributed by atoms with Gasteiger partial charge in [-0.15, -0.1) is 0 Å². The number of hydrogen-bond acceptors (Lipinski definition) is 2. The Morgan fingerprint density at radius 3 is 2.37 bits per heavy atom. The normalized spacial score (nSPS) is 25.3. The number of aliphatic imine (C=N–C) groups is 1. The SMILES string of the molecule is Cc1ccc(C2OC=NC2(C)c2ccccc2)cc1. The van der Waals surface area contributed by atoms with E-state index in [0.29, 0.717) is 0 Å². The van der Waals surface area contributed by atoms with E-state index in [0.717, 1.165) is 5.56 Å². The molecule has 0 saturated carbocycles. The summed E-state index contributed by atoms with van der Waals surface area (Å²) < 4.78 is 5.76. The van der Waals surface area contributed by atoms with Crippen LogP contribution in [0.1, 0.15) is 29.7 Å². The van der Waals surface area contributed by atoms with Gasteiger partial charge >= 0.3 is 0 Å². The van der Waals surface area contributed by atoms with Crippen molar-refractivity contribution < 1.29 is 4.74 Å². The first-order valence-corrected chi connectivity index (χ1v) is 6.51. The van der Waals surface area contributed by atoms with Gasteiger partial charge in [-0.2, -0.15) is 0 Å². The molecule has 2 nitrogen and oxygen atoms in total. The van der Waals surface area contributed by atoms with Gasteiger partial charge in [-0.1, -0.05) is 60.2 Å². The number of hydrogen-bond donors (Lipinski definition) is 0. The molecule has 3 rings (SSSR count). The zero-order chi connectivity index (χ0) is 13.3.